The van der Waals surface area contributed by atoms with Crippen LogP contribution in [0.25, 0.3) is 0 Å². The Morgan fingerprint density at radius 1 is 1.05 bits per heavy atom. The molecule has 0 radical (unpaired) electrons. The van der Waals surface area contributed by atoms with Crippen molar-refractivity contribution < 1.29 is 34.8 Å². The Hall–Kier alpha value is -1.65. The number of benzene rings is 1. The number of nitrogens with two attached hydrogens (primary N) is 1. The van der Waals surface area contributed by atoms with Gasteiger partial charge in [0.1, 0.15) is 0 Å². The second-order valence-electron chi connectivity index (χ2n) is 3.35. The number of nitrogen functional groups attached to an aromatic ring is 1. The minimum atomic E-state index is -5.94. The monoisotopic (exact) mass is 308 g/mol. The van der Waals surface area contributed by atoms with Gasteiger partial charge in [-0.1, -0.05) is 0 Å². The van der Waals surface area contributed by atoms with Crippen LogP contribution < -0.4 is 10.5 Å². The second kappa shape index (κ2) is 4.47. The lowest BCUT2D eigenvalue weighted by atomic mass is 10.1. The maximum Gasteiger partial charge on any atom is 0.516 e. The maximum atomic E-state index is 12.5. The summed E-state index contributed by atoms with van der Waals surface area (Å²) in [6.07, 6.45) is -5.06. The summed E-state index contributed by atoms with van der Waals surface area (Å²) in [7, 11) is -5.94. The summed E-state index contributed by atoms with van der Waals surface area (Å²) in [5, 5.41) is 0. The molecule has 0 unspecified atom stereocenters. The van der Waals surface area contributed by atoms with Gasteiger partial charge in [0.05, 0.1) is 11.3 Å². The quantitative estimate of drug-likeness (QED) is 0.651. The third-order valence-electron chi connectivity index (χ3n) is 1.90. The molecule has 0 atom stereocenters. The largest absolute Gasteiger partial charge is 0.516 e. The van der Waals surface area contributed by atoms with Gasteiger partial charge in [-0.05, 0) is 18.2 Å². The molecule has 0 heterocycles. The molecule has 0 aliphatic heterocycles. The van der Waals surface area contributed by atoms with Crippen molar-refractivity contribution in [3.63, 3.8) is 0 Å². The van der Waals surface area contributed by atoms with Crippen LogP contribution >= 0.6 is 0 Å². The van der Waals surface area contributed by atoms with Gasteiger partial charge in [-0.25, -0.2) is 0 Å². The molecule has 0 bridgehead atoms. The van der Waals surface area contributed by atoms with Gasteiger partial charge in [0.15, 0.2) is 0 Å². The lowest BCUT2D eigenvalue weighted by Crippen LogP contribution is -2.30. The van der Waals surface area contributed by atoms with Crippen molar-refractivity contribution in [3.8, 4) is 0 Å². The molecule has 0 aromatic heterocycles. The van der Waals surface area contributed by atoms with Crippen LogP contribution in [0.1, 0.15) is 5.56 Å². The first-order valence-corrected chi connectivity index (χ1v) is 5.89. The number of rotatable bonds is 2. The molecule has 1 rings (SSSR count). The summed E-state index contributed by atoms with van der Waals surface area (Å²) in [5.74, 6) is 0. The highest BCUT2D eigenvalue weighted by atomic mass is 32.2. The topological polar surface area (TPSA) is 72.2 Å². The Bertz CT molecular complexity index is 578. The zero-order chi connectivity index (χ0) is 15.1. The summed E-state index contributed by atoms with van der Waals surface area (Å²) < 4.78 is 96.1. The standard InChI is InChI=1S/C8H6F6N2O2S/c9-7(10,11)5-3-4(15)1-2-6(5)16-19(17,18)8(12,13)14/h1-3,16H,15H2. The smallest absolute Gasteiger partial charge is 0.399 e. The van der Waals surface area contributed by atoms with Crippen LogP contribution in [0.2, 0.25) is 0 Å². The van der Waals surface area contributed by atoms with E-state index >= 15 is 0 Å². The van der Waals surface area contributed by atoms with Crippen LogP contribution in [0.15, 0.2) is 18.2 Å². The number of nitrogens with one attached hydrogen (secondary N) is 1. The second-order valence-corrected chi connectivity index (χ2v) is 5.03. The summed E-state index contributed by atoms with van der Waals surface area (Å²) in [4.78, 5) is 0. The van der Waals surface area contributed by atoms with E-state index in [1.165, 1.54) is 0 Å². The number of hydrogen-bond acceptors (Lipinski definition) is 3. The molecule has 4 nitrogen and oxygen atoms in total. The fourth-order valence-corrected chi connectivity index (χ4v) is 1.67. The van der Waals surface area contributed by atoms with E-state index in [-0.39, 0.29) is 5.69 Å². The molecule has 0 amide bonds. The van der Waals surface area contributed by atoms with Gasteiger partial charge in [0.25, 0.3) is 0 Å². The number of anilines is 2. The average molecular weight is 308 g/mol. The van der Waals surface area contributed by atoms with Crippen molar-refractivity contribution in [1.29, 1.82) is 0 Å². The Kier molecular flexibility index (Phi) is 3.63. The van der Waals surface area contributed by atoms with Gasteiger partial charge in [0.2, 0.25) is 0 Å². The maximum absolute atomic E-state index is 12.5. The van der Waals surface area contributed by atoms with Gasteiger partial charge < -0.3 is 5.73 Å². The Morgan fingerprint density at radius 3 is 2.00 bits per heavy atom. The first kappa shape index (κ1) is 15.4. The molecular formula is C8H6F6N2O2S. The van der Waals surface area contributed by atoms with Crippen LogP contribution in [0.4, 0.5) is 37.7 Å². The molecule has 0 saturated heterocycles. The minimum absolute atomic E-state index is 0.328. The van der Waals surface area contributed by atoms with Gasteiger partial charge in [-0.2, -0.15) is 34.8 Å². The Morgan fingerprint density at radius 2 is 1.58 bits per heavy atom. The summed E-state index contributed by atoms with van der Waals surface area (Å²) in [5.41, 5.74) is -3.89. The Balaban J connectivity index is 3.31. The molecular weight excluding hydrogens is 302 g/mol. The predicted octanol–water partition coefficient (Wildman–Crippen LogP) is 2.55. The van der Waals surface area contributed by atoms with Crippen molar-refractivity contribution in [3.05, 3.63) is 23.8 Å². The molecule has 19 heavy (non-hydrogen) atoms. The number of hydrogen-bond donors (Lipinski definition) is 2. The molecule has 108 valence electrons. The van der Waals surface area contributed by atoms with E-state index in [0.717, 1.165) is 10.8 Å². The number of halogens is 6. The van der Waals surface area contributed by atoms with E-state index in [4.69, 9.17) is 5.73 Å². The molecule has 0 saturated carbocycles. The van der Waals surface area contributed by atoms with Crippen molar-refractivity contribution in [2.75, 3.05) is 10.5 Å². The minimum Gasteiger partial charge on any atom is -0.399 e. The summed E-state index contributed by atoms with van der Waals surface area (Å²) in [6.45, 7) is 0. The van der Waals surface area contributed by atoms with E-state index in [2.05, 4.69) is 0 Å². The van der Waals surface area contributed by atoms with Gasteiger partial charge in [-0.3, -0.25) is 4.72 Å². The van der Waals surface area contributed by atoms with Crippen molar-refractivity contribution >= 4 is 21.4 Å². The van der Waals surface area contributed by atoms with E-state index in [9.17, 15) is 34.8 Å². The van der Waals surface area contributed by atoms with Gasteiger partial charge in [-0.15, -0.1) is 0 Å². The Labute approximate surface area is 103 Å². The summed E-state index contributed by atoms with van der Waals surface area (Å²) >= 11 is 0. The highest BCUT2D eigenvalue weighted by molar-refractivity contribution is 7.93. The predicted molar refractivity (Wildman–Crippen MR) is 54.5 cm³/mol. The normalized spacial score (nSPS) is 13.4. The molecule has 0 aliphatic rings. The molecule has 1 aromatic carbocycles. The first-order valence-electron chi connectivity index (χ1n) is 4.40. The van der Waals surface area contributed by atoms with Crippen LogP contribution in [0.3, 0.4) is 0 Å². The molecule has 0 aliphatic carbocycles. The fourth-order valence-electron chi connectivity index (χ4n) is 1.09. The van der Waals surface area contributed by atoms with Crippen molar-refractivity contribution in [2.24, 2.45) is 0 Å². The fraction of sp³-hybridized carbons (Fsp3) is 0.250. The third kappa shape index (κ3) is 3.43. The SMILES string of the molecule is Nc1ccc(NS(=O)(=O)C(F)(F)F)c(C(F)(F)F)c1. The molecule has 3 N–H and O–H groups in total. The van der Waals surface area contributed by atoms with Gasteiger partial charge in [0, 0.05) is 5.69 Å². The molecule has 0 spiro atoms. The number of alkyl halides is 6. The van der Waals surface area contributed by atoms with E-state index in [1.54, 1.807) is 0 Å². The molecule has 0 fully saturated rings. The van der Waals surface area contributed by atoms with E-state index in [0.29, 0.717) is 12.1 Å². The highest BCUT2D eigenvalue weighted by Gasteiger charge is 2.47. The van der Waals surface area contributed by atoms with Crippen molar-refractivity contribution in [2.45, 2.75) is 11.7 Å². The van der Waals surface area contributed by atoms with Crippen LogP contribution in [0, 0.1) is 0 Å². The molecule has 11 heteroatoms. The first-order chi connectivity index (χ1) is 8.34. The van der Waals surface area contributed by atoms with Crippen LogP contribution in [-0.2, 0) is 16.2 Å². The lowest BCUT2D eigenvalue weighted by molar-refractivity contribution is -0.136. The zero-order valence-electron chi connectivity index (χ0n) is 8.80. The third-order valence-corrected chi connectivity index (χ3v) is 3.00. The van der Waals surface area contributed by atoms with E-state index in [1.807, 2.05) is 0 Å². The van der Waals surface area contributed by atoms with Gasteiger partial charge >= 0.3 is 21.7 Å². The lowest BCUT2D eigenvalue weighted by Gasteiger charge is -2.16. The highest BCUT2D eigenvalue weighted by Crippen LogP contribution is 2.37. The van der Waals surface area contributed by atoms with E-state index < -0.39 is 33.0 Å². The van der Waals surface area contributed by atoms with Crippen molar-refractivity contribution in [1.82, 2.24) is 0 Å². The summed E-state index contributed by atoms with van der Waals surface area (Å²) in [6, 6.07) is 1.67. The van der Waals surface area contributed by atoms with Crippen LogP contribution in [-0.4, -0.2) is 13.9 Å². The van der Waals surface area contributed by atoms with Crippen LogP contribution in [0.5, 0.6) is 0 Å². The molecule has 1 aromatic rings. The average Bonchev–Trinajstić information content (AvgIpc) is 2.17. The number of sulfonamides is 1. The zero-order valence-corrected chi connectivity index (χ0v) is 9.62.